The van der Waals surface area contributed by atoms with Crippen molar-refractivity contribution in [2.24, 2.45) is 0 Å². The largest absolute Gasteiger partial charge is 0.456 e. The van der Waals surface area contributed by atoms with Crippen molar-refractivity contribution in [2.45, 2.75) is 45.6 Å². The minimum absolute atomic E-state index is 0.00304. The standard InChI is InChI=1S/C18H19F2N5O3/c1-9-13(10(2)28-24-9)6-12-4-5-15(27-12)17(26)25-8-18(19,20)7-14(25)16-21-11(3)22-23-16/h4-5,14H,6-8H2,1-3H3,(H,21,22,23)/t14-/m0/s1. The van der Waals surface area contributed by atoms with Gasteiger partial charge in [0, 0.05) is 18.4 Å². The molecule has 8 nitrogen and oxygen atoms in total. The van der Waals surface area contributed by atoms with Crippen LogP contribution in [0.5, 0.6) is 0 Å². The van der Waals surface area contributed by atoms with E-state index in [0.29, 0.717) is 23.8 Å². The Morgan fingerprint density at radius 2 is 2.14 bits per heavy atom. The van der Waals surface area contributed by atoms with Gasteiger partial charge in [-0.2, -0.15) is 5.10 Å². The maximum atomic E-state index is 14.1. The van der Waals surface area contributed by atoms with Crippen molar-refractivity contribution in [2.75, 3.05) is 6.54 Å². The summed E-state index contributed by atoms with van der Waals surface area (Å²) in [7, 11) is 0. The molecule has 0 aromatic carbocycles. The van der Waals surface area contributed by atoms with Crippen LogP contribution in [0, 0.1) is 20.8 Å². The van der Waals surface area contributed by atoms with Crippen molar-refractivity contribution in [3.05, 3.63) is 52.3 Å². The van der Waals surface area contributed by atoms with Gasteiger partial charge in [0.25, 0.3) is 11.8 Å². The average molecular weight is 391 g/mol. The normalized spacial score (nSPS) is 18.8. The molecule has 0 aliphatic carbocycles. The summed E-state index contributed by atoms with van der Waals surface area (Å²) in [6, 6.07) is 2.23. The lowest BCUT2D eigenvalue weighted by atomic mass is 10.1. The van der Waals surface area contributed by atoms with Gasteiger partial charge in [-0.3, -0.25) is 9.89 Å². The molecule has 1 fully saturated rings. The molecule has 3 aromatic heterocycles. The minimum Gasteiger partial charge on any atom is -0.456 e. The number of carbonyl (C=O) groups is 1. The molecule has 0 saturated carbocycles. The molecule has 1 aliphatic rings. The summed E-state index contributed by atoms with van der Waals surface area (Å²) >= 11 is 0. The number of nitrogens with one attached hydrogen (secondary N) is 1. The van der Waals surface area contributed by atoms with Gasteiger partial charge in [0.2, 0.25) is 0 Å². The van der Waals surface area contributed by atoms with Crippen LogP contribution in [0.3, 0.4) is 0 Å². The van der Waals surface area contributed by atoms with Crippen LogP contribution in [0.15, 0.2) is 21.1 Å². The Hall–Kier alpha value is -3.04. The Labute approximate surface area is 158 Å². The van der Waals surface area contributed by atoms with Crippen molar-refractivity contribution in [1.82, 2.24) is 25.2 Å². The van der Waals surface area contributed by atoms with Crippen molar-refractivity contribution in [3.63, 3.8) is 0 Å². The lowest BCUT2D eigenvalue weighted by molar-refractivity contribution is 0.0113. The summed E-state index contributed by atoms with van der Waals surface area (Å²) < 4.78 is 38.9. The van der Waals surface area contributed by atoms with Crippen LogP contribution in [0.25, 0.3) is 0 Å². The number of aromatic amines is 1. The van der Waals surface area contributed by atoms with Crippen molar-refractivity contribution in [1.29, 1.82) is 0 Å². The Morgan fingerprint density at radius 1 is 1.36 bits per heavy atom. The number of nitrogens with zero attached hydrogens (tertiary/aromatic N) is 4. The van der Waals surface area contributed by atoms with Crippen LogP contribution >= 0.6 is 0 Å². The Morgan fingerprint density at radius 3 is 2.79 bits per heavy atom. The molecule has 28 heavy (non-hydrogen) atoms. The van der Waals surface area contributed by atoms with Gasteiger partial charge in [0.05, 0.1) is 12.2 Å². The second-order valence-corrected chi connectivity index (χ2v) is 7.03. The van der Waals surface area contributed by atoms with E-state index in [9.17, 15) is 13.6 Å². The van der Waals surface area contributed by atoms with E-state index in [-0.39, 0.29) is 11.6 Å². The number of alkyl halides is 2. The highest BCUT2D eigenvalue weighted by Gasteiger charge is 2.49. The van der Waals surface area contributed by atoms with E-state index in [2.05, 4.69) is 20.3 Å². The van der Waals surface area contributed by atoms with Gasteiger partial charge < -0.3 is 13.8 Å². The molecular weight excluding hydrogens is 372 g/mol. The first-order valence-corrected chi connectivity index (χ1v) is 8.81. The van der Waals surface area contributed by atoms with Crippen LogP contribution in [0.4, 0.5) is 8.78 Å². The number of H-pyrrole nitrogens is 1. The monoisotopic (exact) mass is 391 g/mol. The average Bonchev–Trinajstić information content (AvgIpc) is 3.39. The second kappa shape index (κ2) is 6.54. The van der Waals surface area contributed by atoms with Gasteiger partial charge in [0.15, 0.2) is 11.6 Å². The second-order valence-electron chi connectivity index (χ2n) is 7.03. The molecule has 1 aliphatic heterocycles. The van der Waals surface area contributed by atoms with E-state index in [1.54, 1.807) is 19.9 Å². The van der Waals surface area contributed by atoms with Gasteiger partial charge in [-0.25, -0.2) is 13.8 Å². The number of halogens is 2. The zero-order chi connectivity index (χ0) is 20.1. The molecule has 1 saturated heterocycles. The van der Waals surface area contributed by atoms with E-state index in [0.717, 1.165) is 16.2 Å². The van der Waals surface area contributed by atoms with E-state index >= 15 is 0 Å². The van der Waals surface area contributed by atoms with E-state index in [1.165, 1.54) is 6.07 Å². The fraction of sp³-hybridized carbons (Fsp3) is 0.444. The highest BCUT2D eigenvalue weighted by molar-refractivity contribution is 5.92. The Balaban J connectivity index is 1.57. The van der Waals surface area contributed by atoms with Gasteiger partial charge in [-0.1, -0.05) is 5.16 Å². The lowest BCUT2D eigenvalue weighted by Gasteiger charge is -2.20. The molecule has 0 spiro atoms. The molecule has 1 N–H and O–H groups in total. The number of hydrogen-bond donors (Lipinski definition) is 1. The van der Waals surface area contributed by atoms with Crippen molar-refractivity contribution >= 4 is 5.91 Å². The SMILES string of the molecule is Cc1nc([C@@H]2CC(F)(F)CN2C(=O)c2ccc(Cc3c(C)noc3C)o2)n[nH]1. The summed E-state index contributed by atoms with van der Waals surface area (Å²) in [6.45, 7) is 4.57. The number of aromatic nitrogens is 4. The third-order valence-corrected chi connectivity index (χ3v) is 4.85. The first kappa shape index (κ1) is 18.3. The summed E-state index contributed by atoms with van der Waals surface area (Å²) in [5.74, 6) is -1.77. The molecule has 1 atom stereocenters. The lowest BCUT2D eigenvalue weighted by Crippen LogP contribution is -2.33. The molecule has 0 radical (unpaired) electrons. The third kappa shape index (κ3) is 3.30. The first-order chi connectivity index (χ1) is 13.2. The summed E-state index contributed by atoms with van der Waals surface area (Å²) in [5, 5.41) is 10.5. The third-order valence-electron chi connectivity index (χ3n) is 4.85. The van der Waals surface area contributed by atoms with Crippen LogP contribution < -0.4 is 0 Å². The maximum Gasteiger partial charge on any atom is 0.290 e. The number of rotatable bonds is 4. The van der Waals surface area contributed by atoms with Crippen LogP contribution in [-0.2, 0) is 6.42 Å². The van der Waals surface area contributed by atoms with Crippen LogP contribution in [-0.4, -0.2) is 43.6 Å². The molecule has 148 valence electrons. The topological polar surface area (TPSA) is 101 Å². The van der Waals surface area contributed by atoms with E-state index in [1.807, 2.05) is 6.92 Å². The Kier molecular flexibility index (Phi) is 4.28. The van der Waals surface area contributed by atoms with Crippen LogP contribution in [0.1, 0.15) is 57.4 Å². The number of amides is 1. The highest BCUT2D eigenvalue weighted by Crippen LogP contribution is 2.40. The first-order valence-electron chi connectivity index (χ1n) is 8.81. The summed E-state index contributed by atoms with van der Waals surface area (Å²) in [6.07, 6.45) is -0.128. The maximum absolute atomic E-state index is 14.1. The zero-order valence-corrected chi connectivity index (χ0v) is 15.6. The fourth-order valence-electron chi connectivity index (χ4n) is 3.43. The summed E-state index contributed by atoms with van der Waals surface area (Å²) in [4.78, 5) is 18.1. The van der Waals surface area contributed by atoms with E-state index in [4.69, 9.17) is 8.94 Å². The number of carbonyl (C=O) groups excluding carboxylic acids is 1. The Bertz CT molecular complexity index is 1000. The predicted octanol–water partition coefficient (Wildman–Crippen LogP) is 3.12. The van der Waals surface area contributed by atoms with Gasteiger partial charge in [0.1, 0.15) is 23.4 Å². The molecule has 0 bridgehead atoms. The molecule has 1 amide bonds. The molecule has 0 unspecified atom stereocenters. The molecule has 4 heterocycles. The van der Waals surface area contributed by atoms with E-state index < -0.39 is 30.8 Å². The predicted molar refractivity (Wildman–Crippen MR) is 92.0 cm³/mol. The number of furan rings is 1. The number of hydrogen-bond acceptors (Lipinski definition) is 6. The minimum atomic E-state index is -3.01. The molecular formula is C18H19F2N5O3. The quantitative estimate of drug-likeness (QED) is 0.733. The smallest absolute Gasteiger partial charge is 0.290 e. The molecule has 10 heteroatoms. The van der Waals surface area contributed by atoms with Gasteiger partial charge in [-0.05, 0) is 32.9 Å². The molecule has 3 aromatic rings. The fourth-order valence-corrected chi connectivity index (χ4v) is 3.43. The van der Waals surface area contributed by atoms with Gasteiger partial charge >= 0.3 is 0 Å². The number of aryl methyl sites for hydroxylation is 3. The van der Waals surface area contributed by atoms with Gasteiger partial charge in [-0.15, -0.1) is 0 Å². The molecule has 4 rings (SSSR count). The van der Waals surface area contributed by atoms with Crippen molar-refractivity contribution < 1.29 is 22.5 Å². The van der Waals surface area contributed by atoms with Crippen LogP contribution in [0.2, 0.25) is 0 Å². The summed E-state index contributed by atoms with van der Waals surface area (Å²) in [5.41, 5.74) is 1.61. The van der Waals surface area contributed by atoms with Crippen molar-refractivity contribution in [3.8, 4) is 0 Å². The highest BCUT2D eigenvalue weighted by atomic mass is 19.3. The zero-order valence-electron chi connectivity index (χ0n) is 15.6. The number of likely N-dealkylation sites (tertiary alicyclic amines) is 1.